The Morgan fingerprint density at radius 1 is 1.16 bits per heavy atom. The van der Waals surface area contributed by atoms with Gasteiger partial charge in [-0.05, 0) is 65.2 Å². The van der Waals surface area contributed by atoms with E-state index < -0.39 is 35.2 Å². The van der Waals surface area contributed by atoms with Gasteiger partial charge in [0.2, 0.25) is 5.91 Å². The average Bonchev–Trinajstić information content (AvgIpc) is 3.16. The zero-order valence-corrected chi connectivity index (χ0v) is 19.4. The smallest absolute Gasteiger partial charge is 0.408 e. The minimum absolute atomic E-state index is 0.0596. The summed E-state index contributed by atoms with van der Waals surface area (Å²) in [6.07, 6.45) is 8.80. The maximum absolute atomic E-state index is 13.4. The van der Waals surface area contributed by atoms with Crippen LogP contribution in [-0.2, 0) is 19.1 Å². The summed E-state index contributed by atoms with van der Waals surface area (Å²) < 4.78 is 5.34. The molecule has 178 valence electrons. The molecule has 0 spiro atoms. The highest BCUT2D eigenvalue weighted by Gasteiger charge is 2.60. The first kappa shape index (κ1) is 24.3. The van der Waals surface area contributed by atoms with Gasteiger partial charge >= 0.3 is 12.1 Å². The molecule has 2 amide bonds. The molecule has 0 aromatic carbocycles. The summed E-state index contributed by atoms with van der Waals surface area (Å²) in [5.41, 5.74) is -1.73. The van der Waals surface area contributed by atoms with Gasteiger partial charge in [-0.3, -0.25) is 14.4 Å². The molecule has 2 aliphatic heterocycles. The molecule has 0 aromatic heterocycles. The van der Waals surface area contributed by atoms with Gasteiger partial charge in [0, 0.05) is 13.0 Å². The molecule has 8 nitrogen and oxygen atoms in total. The van der Waals surface area contributed by atoms with Crippen LogP contribution in [0.15, 0.2) is 12.2 Å². The van der Waals surface area contributed by atoms with Crippen molar-refractivity contribution in [1.82, 2.24) is 10.2 Å². The second kappa shape index (κ2) is 9.63. The van der Waals surface area contributed by atoms with Crippen molar-refractivity contribution in [2.24, 2.45) is 11.3 Å². The minimum atomic E-state index is -1.04. The van der Waals surface area contributed by atoms with Gasteiger partial charge in [-0.1, -0.05) is 25.0 Å². The molecule has 2 N–H and O–H groups in total. The molecule has 0 aromatic rings. The van der Waals surface area contributed by atoms with Crippen LogP contribution in [0.25, 0.3) is 0 Å². The highest BCUT2D eigenvalue weighted by atomic mass is 16.6. The van der Waals surface area contributed by atoms with Gasteiger partial charge in [0.05, 0.1) is 11.5 Å². The lowest BCUT2D eigenvalue weighted by Crippen LogP contribution is -2.52. The van der Waals surface area contributed by atoms with Crippen LogP contribution in [0.2, 0.25) is 0 Å². The molecular formula is C24H36N2O6. The maximum Gasteiger partial charge on any atom is 0.408 e. The minimum Gasteiger partial charge on any atom is -0.481 e. The standard InChI is InChI=1S/C24H36N2O6/c1-23(2,3)32-22(31)25-17-11-8-6-4-5-7-10-16-14-24(16,21(29)30)15-19(27)18-12-9-13-26(18)20(17)28/h7,10,16-18H,4-6,8-9,11-15H2,1-3H3,(H,25,31)(H,29,30)/b10-7-/t16-,17+,18+,24-/m1/s1. The molecule has 0 radical (unpaired) electrons. The summed E-state index contributed by atoms with van der Waals surface area (Å²) in [4.78, 5) is 52.4. The molecule has 1 saturated heterocycles. The van der Waals surface area contributed by atoms with Crippen molar-refractivity contribution < 1.29 is 29.0 Å². The summed E-state index contributed by atoms with van der Waals surface area (Å²) in [5.74, 6) is -1.54. The van der Waals surface area contributed by atoms with E-state index in [4.69, 9.17) is 4.74 Å². The number of nitrogens with one attached hydrogen (secondary N) is 1. The normalized spacial score (nSPS) is 32.7. The monoisotopic (exact) mass is 448 g/mol. The van der Waals surface area contributed by atoms with Crippen molar-refractivity contribution in [2.75, 3.05) is 6.54 Å². The molecule has 1 saturated carbocycles. The SMILES string of the molecule is CC(C)(C)OC(=O)N[C@H]1CCCCC/C=C\[C@@H]2C[C@@]2(C(=O)O)CC(=O)[C@@H]2CCCN2C1=O. The largest absolute Gasteiger partial charge is 0.481 e. The van der Waals surface area contributed by atoms with Crippen LogP contribution in [0.5, 0.6) is 0 Å². The Bertz CT molecular complexity index is 786. The third-order valence-corrected chi connectivity index (χ3v) is 6.68. The highest BCUT2D eigenvalue weighted by Crippen LogP contribution is 2.57. The van der Waals surface area contributed by atoms with Crippen molar-refractivity contribution >= 4 is 23.8 Å². The van der Waals surface area contributed by atoms with Crippen molar-refractivity contribution in [3.8, 4) is 0 Å². The molecule has 8 heteroatoms. The number of carbonyl (C=O) groups is 4. The van der Waals surface area contributed by atoms with Crippen LogP contribution >= 0.6 is 0 Å². The van der Waals surface area contributed by atoms with Crippen LogP contribution in [0, 0.1) is 11.3 Å². The number of alkyl carbamates (subject to hydrolysis) is 1. The summed E-state index contributed by atoms with van der Waals surface area (Å²) in [5, 5.41) is 12.5. The number of ether oxygens (including phenoxy) is 1. The number of rotatable bonds is 2. The van der Waals surface area contributed by atoms with E-state index in [2.05, 4.69) is 5.32 Å². The van der Waals surface area contributed by atoms with Gasteiger partial charge in [-0.15, -0.1) is 0 Å². The number of hydrogen-bond acceptors (Lipinski definition) is 5. The van der Waals surface area contributed by atoms with E-state index in [0.29, 0.717) is 32.2 Å². The lowest BCUT2D eigenvalue weighted by atomic mass is 9.92. The Morgan fingerprint density at radius 2 is 1.91 bits per heavy atom. The lowest BCUT2D eigenvalue weighted by Gasteiger charge is -2.30. The van der Waals surface area contributed by atoms with E-state index in [1.54, 1.807) is 25.7 Å². The summed E-state index contributed by atoms with van der Waals surface area (Å²) in [7, 11) is 0. The van der Waals surface area contributed by atoms with Crippen LogP contribution in [0.1, 0.15) is 78.6 Å². The number of nitrogens with zero attached hydrogens (tertiary/aromatic N) is 1. The molecule has 32 heavy (non-hydrogen) atoms. The number of hydrogen-bond donors (Lipinski definition) is 2. The van der Waals surface area contributed by atoms with E-state index in [-0.39, 0.29) is 24.0 Å². The first-order chi connectivity index (χ1) is 15.0. The number of aliphatic carboxylic acids is 1. The fourth-order valence-electron chi connectivity index (χ4n) is 4.86. The number of carboxylic acids is 1. The Morgan fingerprint density at radius 3 is 2.59 bits per heavy atom. The number of fused-ring (bicyclic) bond motifs is 2. The quantitative estimate of drug-likeness (QED) is 0.626. The molecule has 4 atom stereocenters. The molecule has 2 fully saturated rings. The predicted octanol–water partition coefficient (Wildman–Crippen LogP) is 3.44. The van der Waals surface area contributed by atoms with E-state index in [1.165, 1.54) is 0 Å². The van der Waals surface area contributed by atoms with E-state index in [0.717, 1.165) is 25.7 Å². The number of amides is 2. The number of ketones is 1. The number of carbonyl (C=O) groups excluding carboxylic acids is 3. The molecule has 1 aliphatic carbocycles. The van der Waals surface area contributed by atoms with Crippen molar-refractivity contribution in [3.63, 3.8) is 0 Å². The molecule has 0 bridgehead atoms. The molecule has 3 aliphatic rings. The Kier molecular flexibility index (Phi) is 7.30. The number of carboxylic acid groups (broad SMARTS) is 1. The summed E-state index contributed by atoms with van der Waals surface area (Å²) >= 11 is 0. The predicted molar refractivity (Wildman–Crippen MR) is 118 cm³/mol. The van der Waals surface area contributed by atoms with E-state index in [1.807, 2.05) is 12.2 Å². The molecular weight excluding hydrogens is 412 g/mol. The van der Waals surface area contributed by atoms with Gasteiger partial charge in [-0.2, -0.15) is 0 Å². The van der Waals surface area contributed by atoms with Gasteiger partial charge in [0.25, 0.3) is 0 Å². The Hall–Kier alpha value is -2.38. The third kappa shape index (κ3) is 5.70. The average molecular weight is 449 g/mol. The Balaban J connectivity index is 1.79. The van der Waals surface area contributed by atoms with Crippen molar-refractivity contribution in [2.45, 2.75) is 96.2 Å². The summed E-state index contributed by atoms with van der Waals surface area (Å²) in [6, 6.07) is -1.39. The Labute approximate surface area is 189 Å². The summed E-state index contributed by atoms with van der Waals surface area (Å²) in [6.45, 7) is 5.72. The van der Waals surface area contributed by atoms with Gasteiger partial charge in [0.15, 0.2) is 5.78 Å². The molecule has 2 heterocycles. The third-order valence-electron chi connectivity index (χ3n) is 6.68. The highest BCUT2D eigenvalue weighted by molar-refractivity contribution is 5.95. The molecule has 3 rings (SSSR count). The van der Waals surface area contributed by atoms with Crippen LogP contribution in [-0.4, -0.2) is 58.0 Å². The lowest BCUT2D eigenvalue weighted by molar-refractivity contribution is -0.147. The van der Waals surface area contributed by atoms with Crippen LogP contribution in [0.3, 0.4) is 0 Å². The first-order valence-electron chi connectivity index (χ1n) is 11.8. The number of Topliss-reactive ketones (excluding diaryl/α,β-unsaturated/α-hetero) is 1. The second-order valence-corrected chi connectivity index (χ2v) is 10.4. The fourth-order valence-corrected chi connectivity index (χ4v) is 4.86. The first-order valence-corrected chi connectivity index (χ1v) is 11.8. The van der Waals surface area contributed by atoms with Crippen molar-refractivity contribution in [3.05, 3.63) is 12.2 Å². The second-order valence-electron chi connectivity index (χ2n) is 10.4. The van der Waals surface area contributed by atoms with Crippen LogP contribution in [0.4, 0.5) is 4.79 Å². The van der Waals surface area contributed by atoms with Crippen molar-refractivity contribution in [1.29, 1.82) is 0 Å². The van der Waals surface area contributed by atoms with E-state index in [9.17, 15) is 24.3 Å². The fraction of sp³-hybridized carbons (Fsp3) is 0.750. The zero-order chi connectivity index (χ0) is 23.5. The van der Waals surface area contributed by atoms with E-state index >= 15 is 0 Å². The van der Waals surface area contributed by atoms with Gasteiger partial charge < -0.3 is 20.1 Å². The maximum atomic E-state index is 13.4. The van der Waals surface area contributed by atoms with Gasteiger partial charge in [-0.25, -0.2) is 4.79 Å². The zero-order valence-electron chi connectivity index (χ0n) is 19.4. The van der Waals surface area contributed by atoms with Gasteiger partial charge in [0.1, 0.15) is 11.6 Å². The van der Waals surface area contributed by atoms with Crippen LogP contribution < -0.4 is 5.32 Å². The topological polar surface area (TPSA) is 113 Å². The molecule has 0 unspecified atom stereocenters. The number of allylic oxidation sites excluding steroid dienone is 2.